The fourth-order valence-electron chi connectivity index (χ4n) is 4.55. The van der Waals surface area contributed by atoms with Gasteiger partial charge in [0.15, 0.2) is 11.6 Å². The third kappa shape index (κ3) is 4.94. The van der Waals surface area contributed by atoms with Crippen molar-refractivity contribution in [2.75, 3.05) is 6.26 Å². The van der Waals surface area contributed by atoms with E-state index in [1.54, 1.807) is 6.07 Å². The molecule has 3 rings (SSSR count). The fraction of sp³-hybridized carbons (Fsp3) is 0.650. The summed E-state index contributed by atoms with van der Waals surface area (Å²) in [5, 5.41) is 0. The summed E-state index contributed by atoms with van der Waals surface area (Å²) in [6.07, 6.45) is 11.5. The highest BCUT2D eigenvalue weighted by Gasteiger charge is 2.32. The molecule has 0 radical (unpaired) electrons. The zero-order valence-electron chi connectivity index (χ0n) is 14.7. The number of hydrogen-bond acceptors (Lipinski definition) is 3. The second-order valence-corrected chi connectivity index (χ2v) is 8.80. The van der Waals surface area contributed by atoms with Gasteiger partial charge >= 0.3 is 0 Å². The second-order valence-electron chi connectivity index (χ2n) is 7.39. The Bertz CT molecular complexity index is 591. The molecule has 0 spiro atoms. The van der Waals surface area contributed by atoms with Gasteiger partial charge in [-0.25, -0.2) is 8.78 Å². The Morgan fingerprint density at radius 1 is 0.960 bits per heavy atom. The second kappa shape index (κ2) is 8.81. The molecule has 0 saturated heterocycles. The Labute approximate surface area is 158 Å². The number of hydrogen-bond donors (Lipinski definition) is 0. The lowest BCUT2D eigenvalue weighted by molar-refractivity contribution is 0.0947. The Morgan fingerprint density at radius 2 is 1.56 bits per heavy atom. The molecule has 0 aromatic heterocycles. The standard InChI is InChI=1S/C20H26F2OS2/c1-25-20(24)23-17-9-6-14(7-10-17)13-2-4-15(5-3-13)16-8-11-18(21)19(22)12-16/h8,11-15,17H,2-7,9-10H2,1H3. The summed E-state index contributed by atoms with van der Waals surface area (Å²) >= 11 is 6.66. The van der Waals surface area contributed by atoms with Crippen LogP contribution in [0.25, 0.3) is 0 Å². The minimum atomic E-state index is -0.752. The van der Waals surface area contributed by atoms with E-state index in [9.17, 15) is 8.78 Å². The van der Waals surface area contributed by atoms with Crippen LogP contribution in [0.15, 0.2) is 18.2 Å². The summed E-state index contributed by atoms with van der Waals surface area (Å²) in [7, 11) is 0. The van der Waals surface area contributed by atoms with Gasteiger partial charge in [-0.2, -0.15) is 0 Å². The summed E-state index contributed by atoms with van der Waals surface area (Å²) < 4.78 is 33.0. The first-order chi connectivity index (χ1) is 12.1. The Morgan fingerprint density at radius 3 is 2.12 bits per heavy atom. The summed E-state index contributed by atoms with van der Waals surface area (Å²) in [4.78, 5) is 0. The molecule has 1 aromatic rings. The van der Waals surface area contributed by atoms with E-state index in [2.05, 4.69) is 0 Å². The van der Waals surface area contributed by atoms with Gasteiger partial charge in [0.1, 0.15) is 6.10 Å². The molecule has 2 aliphatic carbocycles. The molecule has 0 heterocycles. The summed E-state index contributed by atoms with van der Waals surface area (Å²) in [5.74, 6) is 0.465. The first-order valence-corrected chi connectivity index (χ1v) is 10.9. The smallest absolute Gasteiger partial charge is 0.219 e. The van der Waals surface area contributed by atoms with E-state index in [1.807, 2.05) is 6.26 Å². The lowest BCUT2D eigenvalue weighted by Crippen LogP contribution is -2.28. The zero-order chi connectivity index (χ0) is 17.8. The van der Waals surface area contributed by atoms with Crippen molar-refractivity contribution in [2.45, 2.75) is 63.4 Å². The summed E-state index contributed by atoms with van der Waals surface area (Å²) in [6.45, 7) is 0. The van der Waals surface area contributed by atoms with Crippen molar-refractivity contribution >= 4 is 28.4 Å². The molecule has 25 heavy (non-hydrogen) atoms. The Hall–Kier alpha value is -0.680. The highest BCUT2D eigenvalue weighted by molar-refractivity contribution is 8.22. The maximum Gasteiger partial charge on any atom is 0.219 e. The summed E-state index contributed by atoms with van der Waals surface area (Å²) in [6, 6.07) is 4.40. The maximum atomic E-state index is 13.5. The molecule has 0 N–H and O–H groups in total. The highest BCUT2D eigenvalue weighted by Crippen LogP contribution is 2.43. The minimum absolute atomic E-state index is 0.301. The first kappa shape index (κ1) is 19.1. The van der Waals surface area contributed by atoms with Crippen LogP contribution in [0.5, 0.6) is 0 Å². The normalized spacial score (nSPS) is 30.0. The van der Waals surface area contributed by atoms with Gasteiger partial charge in [0.25, 0.3) is 0 Å². The van der Waals surface area contributed by atoms with Crippen LogP contribution in [0.1, 0.15) is 62.8 Å². The molecule has 5 heteroatoms. The molecular weight excluding hydrogens is 358 g/mol. The van der Waals surface area contributed by atoms with Gasteiger partial charge in [0.2, 0.25) is 4.38 Å². The molecule has 0 unspecified atom stereocenters. The van der Waals surface area contributed by atoms with Crippen LogP contribution in [0.3, 0.4) is 0 Å². The molecular formula is C20H26F2OS2. The van der Waals surface area contributed by atoms with Gasteiger partial charge in [0, 0.05) is 0 Å². The van der Waals surface area contributed by atoms with E-state index in [-0.39, 0.29) is 0 Å². The number of thiocarbonyl (C=S) groups is 1. The van der Waals surface area contributed by atoms with Crippen LogP contribution >= 0.6 is 24.0 Å². The summed E-state index contributed by atoms with van der Waals surface area (Å²) in [5.41, 5.74) is 0.958. The monoisotopic (exact) mass is 384 g/mol. The molecule has 2 saturated carbocycles. The van der Waals surface area contributed by atoms with Crippen molar-refractivity contribution in [3.8, 4) is 0 Å². The fourth-order valence-corrected chi connectivity index (χ4v) is 4.92. The van der Waals surface area contributed by atoms with Gasteiger partial charge in [-0.05, 0) is 105 Å². The van der Waals surface area contributed by atoms with Crippen molar-refractivity contribution in [2.24, 2.45) is 11.8 Å². The van der Waals surface area contributed by atoms with Gasteiger partial charge in [-0.1, -0.05) is 17.8 Å². The zero-order valence-corrected chi connectivity index (χ0v) is 16.3. The topological polar surface area (TPSA) is 9.23 Å². The highest BCUT2D eigenvalue weighted by atomic mass is 32.2. The predicted octanol–water partition coefficient (Wildman–Crippen LogP) is 6.46. The van der Waals surface area contributed by atoms with Crippen LogP contribution in [0.4, 0.5) is 8.78 Å². The lowest BCUT2D eigenvalue weighted by Gasteiger charge is -2.38. The van der Waals surface area contributed by atoms with Gasteiger partial charge in [-0.15, -0.1) is 0 Å². The molecule has 0 atom stereocenters. The Balaban J connectivity index is 1.46. The lowest BCUT2D eigenvalue weighted by atomic mass is 9.69. The van der Waals surface area contributed by atoms with Crippen molar-refractivity contribution < 1.29 is 13.5 Å². The van der Waals surface area contributed by atoms with Crippen LogP contribution in [-0.2, 0) is 4.74 Å². The minimum Gasteiger partial charge on any atom is -0.475 e. The average molecular weight is 385 g/mol. The number of halogens is 2. The van der Waals surface area contributed by atoms with Crippen LogP contribution in [-0.4, -0.2) is 16.7 Å². The largest absolute Gasteiger partial charge is 0.475 e. The average Bonchev–Trinajstić information content (AvgIpc) is 2.65. The van der Waals surface area contributed by atoms with Crippen LogP contribution < -0.4 is 0 Å². The number of rotatable bonds is 3. The van der Waals surface area contributed by atoms with Crippen molar-refractivity contribution in [3.63, 3.8) is 0 Å². The van der Waals surface area contributed by atoms with Crippen molar-refractivity contribution in [1.82, 2.24) is 0 Å². The predicted molar refractivity (Wildman–Crippen MR) is 104 cm³/mol. The third-order valence-electron chi connectivity index (χ3n) is 6.00. The molecule has 0 amide bonds. The van der Waals surface area contributed by atoms with Crippen LogP contribution in [0, 0.1) is 23.5 Å². The van der Waals surface area contributed by atoms with Gasteiger partial charge < -0.3 is 4.74 Å². The molecule has 1 nitrogen and oxygen atoms in total. The molecule has 0 bridgehead atoms. The molecule has 1 aromatic carbocycles. The number of benzene rings is 1. The molecule has 0 aliphatic heterocycles. The molecule has 138 valence electrons. The van der Waals surface area contributed by atoms with Gasteiger partial charge in [0.05, 0.1) is 0 Å². The number of thioether (sulfide) groups is 1. The maximum absolute atomic E-state index is 13.5. The molecule has 2 aliphatic rings. The van der Waals surface area contributed by atoms with E-state index in [4.69, 9.17) is 17.0 Å². The van der Waals surface area contributed by atoms with E-state index in [0.29, 0.717) is 16.4 Å². The van der Waals surface area contributed by atoms with E-state index in [0.717, 1.165) is 43.1 Å². The van der Waals surface area contributed by atoms with E-state index >= 15 is 0 Å². The van der Waals surface area contributed by atoms with Gasteiger partial charge in [-0.3, -0.25) is 0 Å². The van der Waals surface area contributed by atoms with E-state index < -0.39 is 11.6 Å². The number of ether oxygens (including phenoxy) is 1. The molecule has 2 fully saturated rings. The van der Waals surface area contributed by atoms with E-state index in [1.165, 1.54) is 49.6 Å². The Kier molecular flexibility index (Phi) is 6.73. The van der Waals surface area contributed by atoms with Crippen LogP contribution in [0.2, 0.25) is 0 Å². The first-order valence-electron chi connectivity index (χ1n) is 9.26. The van der Waals surface area contributed by atoms with Crippen molar-refractivity contribution in [3.05, 3.63) is 35.4 Å². The van der Waals surface area contributed by atoms with Crippen molar-refractivity contribution in [1.29, 1.82) is 0 Å². The SMILES string of the molecule is CSC(=S)OC1CCC(C2CCC(c3ccc(F)c(F)c3)CC2)CC1. The quantitative estimate of drug-likeness (QED) is 0.553. The third-order valence-corrected chi connectivity index (χ3v) is 7.03.